The zero-order valence-corrected chi connectivity index (χ0v) is 18.4. The number of rotatable bonds is 6. The van der Waals surface area contributed by atoms with Gasteiger partial charge in [0.25, 0.3) is 0 Å². The zero-order valence-electron chi connectivity index (χ0n) is 18.4. The van der Waals surface area contributed by atoms with E-state index in [2.05, 4.69) is 4.98 Å². The van der Waals surface area contributed by atoms with Gasteiger partial charge in [-0.25, -0.2) is 9.37 Å². The molecule has 0 spiro atoms. The Labute approximate surface area is 191 Å². The van der Waals surface area contributed by atoms with Crippen LogP contribution in [-0.4, -0.2) is 31.7 Å². The van der Waals surface area contributed by atoms with Gasteiger partial charge in [0.05, 0.1) is 23.4 Å². The van der Waals surface area contributed by atoms with Gasteiger partial charge in [-0.15, -0.1) is 0 Å². The molecular formula is C26H25FN4O2. The fourth-order valence-corrected chi connectivity index (χ4v) is 4.45. The number of halogens is 1. The van der Waals surface area contributed by atoms with Crippen molar-refractivity contribution in [2.24, 2.45) is 0 Å². The van der Waals surface area contributed by atoms with E-state index in [-0.39, 0.29) is 17.8 Å². The Hall–Kier alpha value is -3.74. The molecule has 6 nitrogen and oxygen atoms in total. The molecular weight excluding hydrogens is 419 g/mol. The first-order valence-corrected chi connectivity index (χ1v) is 11.3. The molecule has 0 radical (unpaired) electrons. The van der Waals surface area contributed by atoms with Gasteiger partial charge in [-0.2, -0.15) is 0 Å². The van der Waals surface area contributed by atoms with E-state index in [1.54, 1.807) is 24.5 Å². The van der Waals surface area contributed by atoms with E-state index in [1.165, 1.54) is 12.1 Å². The number of benzene rings is 2. The lowest BCUT2D eigenvalue weighted by Gasteiger charge is -2.23. The highest BCUT2D eigenvalue weighted by atomic mass is 19.1. The molecule has 168 valence electrons. The van der Waals surface area contributed by atoms with E-state index in [9.17, 15) is 9.18 Å². The number of carbonyl (C=O) groups is 1. The average Bonchev–Trinajstić information content (AvgIpc) is 3.45. The Kier molecular flexibility index (Phi) is 5.77. The van der Waals surface area contributed by atoms with E-state index < -0.39 is 0 Å². The molecule has 1 saturated heterocycles. The Balaban J connectivity index is 1.47. The maximum absolute atomic E-state index is 13.4. The summed E-state index contributed by atoms with van der Waals surface area (Å²) in [7, 11) is 0. The molecule has 1 amide bonds. The first kappa shape index (κ1) is 21.1. The molecule has 1 atom stereocenters. The summed E-state index contributed by atoms with van der Waals surface area (Å²) >= 11 is 0. The molecule has 5 rings (SSSR count). The number of carbonyl (C=O) groups excluding carboxylic acids is 1. The number of amides is 1. The highest BCUT2D eigenvalue weighted by Gasteiger charge is 2.33. The number of nitrogens with zero attached hydrogens (tertiary/aromatic N) is 4. The number of ether oxygens (including phenoxy) is 1. The van der Waals surface area contributed by atoms with Gasteiger partial charge in [-0.05, 0) is 55.7 Å². The highest BCUT2D eigenvalue weighted by molar-refractivity contribution is 5.79. The number of likely N-dealkylation sites (tertiary alicyclic amines) is 1. The van der Waals surface area contributed by atoms with Crippen molar-refractivity contribution in [3.05, 3.63) is 78.8 Å². The summed E-state index contributed by atoms with van der Waals surface area (Å²) < 4.78 is 21.2. The van der Waals surface area contributed by atoms with Crippen molar-refractivity contribution in [3.63, 3.8) is 0 Å². The van der Waals surface area contributed by atoms with Crippen LogP contribution in [0.5, 0.6) is 11.5 Å². The molecule has 2 aromatic heterocycles. The Morgan fingerprint density at radius 2 is 2.03 bits per heavy atom. The van der Waals surface area contributed by atoms with Gasteiger partial charge in [-0.3, -0.25) is 14.2 Å². The Bertz CT molecular complexity index is 1290. The lowest BCUT2D eigenvalue weighted by atomic mass is 10.1. The van der Waals surface area contributed by atoms with Crippen LogP contribution in [0.4, 0.5) is 4.39 Å². The number of hydrogen-bond donors (Lipinski definition) is 0. The van der Waals surface area contributed by atoms with E-state index in [0.717, 1.165) is 48.4 Å². The lowest BCUT2D eigenvalue weighted by Crippen LogP contribution is -2.31. The molecule has 2 aromatic carbocycles. The second-order valence-corrected chi connectivity index (χ2v) is 8.23. The minimum atomic E-state index is -0.341. The molecule has 0 bridgehead atoms. The highest BCUT2D eigenvalue weighted by Crippen LogP contribution is 2.36. The average molecular weight is 445 g/mol. The van der Waals surface area contributed by atoms with Crippen LogP contribution in [0.2, 0.25) is 0 Å². The first-order chi connectivity index (χ1) is 16.1. The molecule has 0 N–H and O–H groups in total. The van der Waals surface area contributed by atoms with Crippen molar-refractivity contribution in [3.8, 4) is 22.8 Å². The van der Waals surface area contributed by atoms with Crippen molar-refractivity contribution < 1.29 is 13.9 Å². The quantitative estimate of drug-likeness (QED) is 0.378. The summed E-state index contributed by atoms with van der Waals surface area (Å²) in [6.07, 6.45) is 8.72. The predicted octanol–water partition coefficient (Wildman–Crippen LogP) is 5.79. The summed E-state index contributed by atoms with van der Waals surface area (Å²) in [5.41, 5.74) is 2.62. The number of imidazole rings is 1. The predicted molar refractivity (Wildman–Crippen MR) is 123 cm³/mol. The van der Waals surface area contributed by atoms with Crippen LogP contribution in [0, 0.1) is 5.82 Å². The Morgan fingerprint density at radius 3 is 2.82 bits per heavy atom. The summed E-state index contributed by atoms with van der Waals surface area (Å²) in [6.45, 7) is 2.80. The number of aromatic nitrogens is 3. The number of hydrogen-bond acceptors (Lipinski definition) is 4. The van der Waals surface area contributed by atoms with Crippen molar-refractivity contribution >= 4 is 11.4 Å². The van der Waals surface area contributed by atoms with Gasteiger partial charge >= 0.3 is 0 Å². The molecule has 0 unspecified atom stereocenters. The molecule has 1 fully saturated rings. The zero-order chi connectivity index (χ0) is 22.8. The van der Waals surface area contributed by atoms with E-state index in [4.69, 9.17) is 9.72 Å². The van der Waals surface area contributed by atoms with Crippen LogP contribution in [0.25, 0.3) is 16.8 Å². The third kappa shape index (κ3) is 4.18. The van der Waals surface area contributed by atoms with Gasteiger partial charge < -0.3 is 9.64 Å². The van der Waals surface area contributed by atoms with Gasteiger partial charge in [0.2, 0.25) is 5.91 Å². The van der Waals surface area contributed by atoms with Gasteiger partial charge in [0, 0.05) is 37.0 Å². The lowest BCUT2D eigenvalue weighted by molar-refractivity contribution is -0.132. The van der Waals surface area contributed by atoms with E-state index in [1.807, 2.05) is 46.7 Å². The molecule has 1 aliphatic heterocycles. The second kappa shape index (κ2) is 9.02. The molecule has 4 aromatic rings. The standard InChI is InChI=1S/C26H25FN4O2/c1-2-5-24(32)30-14-4-8-22(30)26-29-25(23-17-28-13-15-31(23)26)18-9-11-20(12-10-18)33-21-7-3-6-19(27)16-21/h3,6-7,9-13,15-17,22H,2,4-5,8,14H2,1H3/t22-/m0/s1. The van der Waals surface area contributed by atoms with Crippen molar-refractivity contribution in [2.45, 2.75) is 38.6 Å². The van der Waals surface area contributed by atoms with Crippen LogP contribution in [-0.2, 0) is 4.79 Å². The van der Waals surface area contributed by atoms with Gasteiger partial charge in [0.15, 0.2) is 0 Å². The normalized spacial score (nSPS) is 15.8. The van der Waals surface area contributed by atoms with Crippen LogP contribution in [0.15, 0.2) is 67.1 Å². The largest absolute Gasteiger partial charge is 0.457 e. The molecule has 0 aliphatic carbocycles. The maximum Gasteiger partial charge on any atom is 0.223 e. The summed E-state index contributed by atoms with van der Waals surface area (Å²) in [4.78, 5) is 24.0. The fraction of sp³-hybridized carbons (Fsp3) is 0.269. The molecule has 33 heavy (non-hydrogen) atoms. The third-order valence-electron chi connectivity index (χ3n) is 5.97. The van der Waals surface area contributed by atoms with E-state index >= 15 is 0 Å². The minimum absolute atomic E-state index is 0.0386. The monoisotopic (exact) mass is 444 g/mol. The second-order valence-electron chi connectivity index (χ2n) is 8.23. The van der Waals surface area contributed by atoms with Crippen molar-refractivity contribution in [2.75, 3.05) is 6.54 Å². The molecule has 0 saturated carbocycles. The fourth-order valence-electron chi connectivity index (χ4n) is 4.45. The topological polar surface area (TPSA) is 59.7 Å². The third-order valence-corrected chi connectivity index (χ3v) is 5.97. The number of fused-ring (bicyclic) bond motifs is 1. The van der Waals surface area contributed by atoms with Crippen LogP contribution < -0.4 is 4.74 Å². The van der Waals surface area contributed by atoms with Crippen LogP contribution in [0.3, 0.4) is 0 Å². The minimum Gasteiger partial charge on any atom is -0.457 e. The van der Waals surface area contributed by atoms with Gasteiger partial charge in [0.1, 0.15) is 23.1 Å². The van der Waals surface area contributed by atoms with Crippen molar-refractivity contribution in [1.82, 2.24) is 19.3 Å². The molecule has 1 aliphatic rings. The van der Waals surface area contributed by atoms with Crippen LogP contribution in [0.1, 0.15) is 44.5 Å². The van der Waals surface area contributed by atoms with Crippen molar-refractivity contribution in [1.29, 1.82) is 0 Å². The van der Waals surface area contributed by atoms with Gasteiger partial charge in [-0.1, -0.05) is 13.0 Å². The maximum atomic E-state index is 13.4. The SMILES string of the molecule is CCCC(=O)N1CCC[C@H]1c1nc(-c2ccc(Oc3cccc(F)c3)cc2)c2cnccn12. The molecule has 3 heterocycles. The van der Waals surface area contributed by atoms with Crippen LogP contribution >= 0.6 is 0 Å². The van der Waals surface area contributed by atoms with E-state index in [0.29, 0.717) is 17.9 Å². The smallest absolute Gasteiger partial charge is 0.223 e. The molecule has 7 heteroatoms. The first-order valence-electron chi connectivity index (χ1n) is 11.3. The summed E-state index contributed by atoms with van der Waals surface area (Å²) in [5.74, 6) is 1.76. The summed E-state index contributed by atoms with van der Waals surface area (Å²) in [5, 5.41) is 0. The Morgan fingerprint density at radius 1 is 1.18 bits per heavy atom. The summed E-state index contributed by atoms with van der Waals surface area (Å²) in [6, 6.07) is 13.6.